The lowest BCUT2D eigenvalue weighted by molar-refractivity contribution is -0.146. The molecule has 29 heavy (non-hydrogen) atoms. The van der Waals surface area contributed by atoms with Gasteiger partial charge in [-0.3, -0.25) is 9.59 Å². The fraction of sp³-hybridized carbons (Fsp3) is 0.333. The Morgan fingerprint density at radius 2 is 1.55 bits per heavy atom. The van der Waals surface area contributed by atoms with E-state index in [0.717, 1.165) is 0 Å². The van der Waals surface area contributed by atoms with Gasteiger partial charge in [-0.05, 0) is 48.9 Å². The Bertz CT molecular complexity index is 808. The third kappa shape index (κ3) is 6.31. The molecule has 156 valence electrons. The highest BCUT2D eigenvalue weighted by molar-refractivity contribution is 5.92. The lowest BCUT2D eigenvalue weighted by Gasteiger charge is -2.14. The molecule has 0 aliphatic heterocycles. The van der Waals surface area contributed by atoms with Crippen molar-refractivity contribution in [1.29, 1.82) is 0 Å². The van der Waals surface area contributed by atoms with Crippen LogP contribution in [0.25, 0.3) is 0 Å². The molecule has 0 bridgehead atoms. The molecular formula is C21H25NO7. The number of anilines is 1. The standard InChI is InChI=1S/C21H25NO7/c1-5-28-16-8-6-15(7-9-16)22-19(23)13-29-20(24)12-14-10-17(25-2)21(27-4)18(11-14)26-3/h6-11H,5,12-13H2,1-4H3,(H,22,23). The van der Waals surface area contributed by atoms with Crippen molar-refractivity contribution in [3.05, 3.63) is 42.0 Å². The minimum atomic E-state index is -0.555. The van der Waals surface area contributed by atoms with Crippen LogP contribution in [0.4, 0.5) is 5.69 Å². The van der Waals surface area contributed by atoms with E-state index in [4.69, 9.17) is 23.7 Å². The molecule has 0 radical (unpaired) electrons. The summed E-state index contributed by atoms with van der Waals surface area (Å²) in [5, 5.41) is 2.65. The molecule has 0 fully saturated rings. The summed E-state index contributed by atoms with van der Waals surface area (Å²) in [6, 6.07) is 10.2. The quantitative estimate of drug-likeness (QED) is 0.610. The van der Waals surface area contributed by atoms with Crippen LogP contribution in [0.3, 0.4) is 0 Å². The van der Waals surface area contributed by atoms with Crippen LogP contribution in [0.5, 0.6) is 23.0 Å². The number of nitrogens with one attached hydrogen (secondary N) is 1. The fourth-order valence-corrected chi connectivity index (χ4v) is 2.60. The second kappa shape index (κ2) is 10.8. The summed E-state index contributed by atoms with van der Waals surface area (Å²) in [7, 11) is 4.48. The van der Waals surface area contributed by atoms with E-state index >= 15 is 0 Å². The van der Waals surface area contributed by atoms with E-state index in [9.17, 15) is 9.59 Å². The molecule has 0 unspecified atom stereocenters. The Labute approximate surface area is 169 Å². The zero-order chi connectivity index (χ0) is 21.2. The van der Waals surface area contributed by atoms with Gasteiger partial charge in [0.25, 0.3) is 5.91 Å². The van der Waals surface area contributed by atoms with Crippen molar-refractivity contribution in [3.63, 3.8) is 0 Å². The first-order valence-corrected chi connectivity index (χ1v) is 8.97. The average molecular weight is 403 g/mol. The second-order valence-corrected chi connectivity index (χ2v) is 5.88. The molecule has 0 atom stereocenters. The summed E-state index contributed by atoms with van der Waals surface area (Å²) >= 11 is 0. The van der Waals surface area contributed by atoms with Gasteiger partial charge in [0.05, 0.1) is 34.4 Å². The zero-order valence-corrected chi connectivity index (χ0v) is 16.9. The van der Waals surface area contributed by atoms with Crippen LogP contribution in [0.2, 0.25) is 0 Å². The highest BCUT2D eigenvalue weighted by atomic mass is 16.5. The van der Waals surface area contributed by atoms with Crippen LogP contribution in [-0.4, -0.2) is 46.4 Å². The lowest BCUT2D eigenvalue weighted by Crippen LogP contribution is -2.21. The van der Waals surface area contributed by atoms with Crippen LogP contribution < -0.4 is 24.3 Å². The number of hydrogen-bond donors (Lipinski definition) is 1. The molecule has 0 aliphatic rings. The van der Waals surface area contributed by atoms with Crippen LogP contribution in [-0.2, 0) is 20.7 Å². The highest BCUT2D eigenvalue weighted by Gasteiger charge is 2.16. The number of rotatable bonds is 10. The molecule has 1 N–H and O–H groups in total. The molecule has 0 heterocycles. The predicted octanol–water partition coefficient (Wildman–Crippen LogP) is 2.84. The Morgan fingerprint density at radius 3 is 2.07 bits per heavy atom. The van der Waals surface area contributed by atoms with Crippen molar-refractivity contribution in [3.8, 4) is 23.0 Å². The molecule has 8 heteroatoms. The van der Waals surface area contributed by atoms with Crippen LogP contribution in [0.1, 0.15) is 12.5 Å². The van der Waals surface area contributed by atoms with Crippen molar-refractivity contribution < 1.29 is 33.3 Å². The molecule has 2 rings (SSSR count). The van der Waals surface area contributed by atoms with Gasteiger partial charge < -0.3 is 29.0 Å². The molecule has 0 saturated carbocycles. The van der Waals surface area contributed by atoms with E-state index in [0.29, 0.717) is 40.9 Å². The number of carbonyl (C=O) groups is 2. The highest BCUT2D eigenvalue weighted by Crippen LogP contribution is 2.38. The Balaban J connectivity index is 1.90. The maximum atomic E-state index is 12.1. The number of amides is 1. The largest absolute Gasteiger partial charge is 0.494 e. The van der Waals surface area contributed by atoms with Crippen LogP contribution in [0.15, 0.2) is 36.4 Å². The van der Waals surface area contributed by atoms with Gasteiger partial charge in [-0.25, -0.2) is 0 Å². The van der Waals surface area contributed by atoms with E-state index in [1.165, 1.54) is 21.3 Å². The van der Waals surface area contributed by atoms with Gasteiger partial charge in [0.2, 0.25) is 5.75 Å². The van der Waals surface area contributed by atoms with Gasteiger partial charge in [-0.15, -0.1) is 0 Å². The van der Waals surface area contributed by atoms with Crippen molar-refractivity contribution in [2.24, 2.45) is 0 Å². The van der Waals surface area contributed by atoms with Crippen molar-refractivity contribution >= 4 is 17.6 Å². The first kappa shape index (κ1) is 21.9. The third-order valence-electron chi connectivity index (χ3n) is 3.89. The van der Waals surface area contributed by atoms with Crippen molar-refractivity contribution in [2.75, 3.05) is 39.9 Å². The Morgan fingerprint density at radius 1 is 0.931 bits per heavy atom. The maximum absolute atomic E-state index is 12.1. The summed E-state index contributed by atoms with van der Waals surface area (Å²) < 4.78 is 26.2. The minimum Gasteiger partial charge on any atom is -0.494 e. The van der Waals surface area contributed by atoms with E-state index in [2.05, 4.69) is 5.32 Å². The molecular weight excluding hydrogens is 378 g/mol. The molecule has 8 nitrogen and oxygen atoms in total. The molecule has 1 amide bonds. The predicted molar refractivity (Wildman–Crippen MR) is 107 cm³/mol. The first-order valence-electron chi connectivity index (χ1n) is 8.97. The number of methoxy groups -OCH3 is 3. The third-order valence-corrected chi connectivity index (χ3v) is 3.89. The van der Waals surface area contributed by atoms with Gasteiger partial charge in [0, 0.05) is 5.69 Å². The smallest absolute Gasteiger partial charge is 0.310 e. The second-order valence-electron chi connectivity index (χ2n) is 5.88. The van der Waals surface area contributed by atoms with Gasteiger partial charge in [-0.2, -0.15) is 0 Å². The van der Waals surface area contributed by atoms with Gasteiger partial charge in [0.15, 0.2) is 18.1 Å². The van der Waals surface area contributed by atoms with E-state index in [1.807, 2.05) is 6.92 Å². The zero-order valence-electron chi connectivity index (χ0n) is 16.9. The number of ether oxygens (including phenoxy) is 5. The SMILES string of the molecule is CCOc1ccc(NC(=O)COC(=O)Cc2cc(OC)c(OC)c(OC)c2)cc1. The van der Waals surface area contributed by atoms with Crippen LogP contribution >= 0.6 is 0 Å². The van der Waals surface area contributed by atoms with Crippen molar-refractivity contribution in [1.82, 2.24) is 0 Å². The number of carbonyl (C=O) groups excluding carboxylic acids is 2. The van der Waals surface area contributed by atoms with E-state index in [1.54, 1.807) is 36.4 Å². The summed E-state index contributed by atoms with van der Waals surface area (Å²) in [6.07, 6.45) is -0.0486. The monoisotopic (exact) mass is 403 g/mol. The average Bonchev–Trinajstić information content (AvgIpc) is 2.73. The van der Waals surface area contributed by atoms with Gasteiger partial charge in [0.1, 0.15) is 5.75 Å². The number of hydrogen-bond acceptors (Lipinski definition) is 7. The maximum Gasteiger partial charge on any atom is 0.310 e. The molecule has 0 aromatic heterocycles. The fourth-order valence-electron chi connectivity index (χ4n) is 2.60. The topological polar surface area (TPSA) is 92.3 Å². The molecule has 0 saturated heterocycles. The van der Waals surface area contributed by atoms with Crippen molar-refractivity contribution in [2.45, 2.75) is 13.3 Å². The molecule has 0 aliphatic carbocycles. The summed E-state index contributed by atoms with van der Waals surface area (Å²) in [5.41, 5.74) is 1.19. The normalized spacial score (nSPS) is 10.1. The molecule has 2 aromatic rings. The van der Waals surface area contributed by atoms with E-state index < -0.39 is 18.5 Å². The Kier molecular flexibility index (Phi) is 8.14. The Hall–Kier alpha value is -3.42. The summed E-state index contributed by atoms with van der Waals surface area (Å²) in [4.78, 5) is 24.1. The van der Waals surface area contributed by atoms with Gasteiger partial charge in [-0.1, -0.05) is 0 Å². The molecule has 0 spiro atoms. The molecule has 2 aromatic carbocycles. The van der Waals surface area contributed by atoms with E-state index in [-0.39, 0.29) is 6.42 Å². The summed E-state index contributed by atoms with van der Waals surface area (Å²) in [5.74, 6) is 1.02. The number of benzene rings is 2. The summed E-state index contributed by atoms with van der Waals surface area (Å²) in [6.45, 7) is 2.06. The first-order chi connectivity index (χ1) is 14.0. The number of esters is 1. The lowest BCUT2D eigenvalue weighted by atomic mass is 10.1. The minimum absolute atomic E-state index is 0.0486. The van der Waals surface area contributed by atoms with Crippen LogP contribution in [0, 0.1) is 0 Å². The van der Waals surface area contributed by atoms with Gasteiger partial charge >= 0.3 is 5.97 Å².